The van der Waals surface area contributed by atoms with Crippen molar-refractivity contribution in [3.8, 4) is 6.07 Å². The van der Waals surface area contributed by atoms with Crippen LogP contribution in [0.15, 0.2) is 22.7 Å². The Hall–Kier alpha value is -1.34. The minimum Gasteiger partial charge on any atom is -0.325 e. The van der Waals surface area contributed by atoms with Crippen molar-refractivity contribution in [3.63, 3.8) is 0 Å². The fraction of sp³-hybridized carbons (Fsp3) is 0.273. The molecular weight excluding hydrogens is 256 g/mol. The summed E-state index contributed by atoms with van der Waals surface area (Å²) in [5, 5.41) is 11.1. The van der Waals surface area contributed by atoms with Crippen molar-refractivity contribution in [1.82, 2.24) is 0 Å². The highest BCUT2D eigenvalue weighted by atomic mass is 79.9. The summed E-state index contributed by atoms with van der Waals surface area (Å²) >= 11 is 3.37. The maximum Gasteiger partial charge on any atom is 0.238 e. The predicted octanol–water partition coefficient (Wildman–Crippen LogP) is 2.86. The molecule has 0 bridgehead atoms. The van der Waals surface area contributed by atoms with Crippen LogP contribution in [0.4, 0.5) is 5.69 Å². The molecule has 0 aliphatic heterocycles. The van der Waals surface area contributed by atoms with Gasteiger partial charge in [-0.15, -0.1) is 0 Å². The lowest BCUT2D eigenvalue weighted by Crippen LogP contribution is -2.11. The maximum absolute atomic E-state index is 11.2. The highest BCUT2D eigenvalue weighted by molar-refractivity contribution is 9.10. The topological polar surface area (TPSA) is 52.9 Å². The normalized spacial score (nSPS) is 9.40. The second-order valence-electron chi connectivity index (χ2n) is 3.04. The first-order valence-corrected chi connectivity index (χ1v) is 5.42. The monoisotopic (exact) mass is 266 g/mol. The molecule has 0 fully saturated rings. The van der Waals surface area contributed by atoms with Gasteiger partial charge in [0.15, 0.2) is 0 Å². The van der Waals surface area contributed by atoms with Gasteiger partial charge in [0.2, 0.25) is 5.91 Å². The quantitative estimate of drug-likeness (QED) is 0.915. The molecule has 0 saturated heterocycles. The van der Waals surface area contributed by atoms with E-state index < -0.39 is 0 Å². The van der Waals surface area contributed by atoms with Crippen molar-refractivity contribution in [3.05, 3.63) is 28.2 Å². The fourth-order valence-electron chi connectivity index (χ4n) is 1.24. The molecule has 0 atom stereocenters. The summed E-state index contributed by atoms with van der Waals surface area (Å²) in [5.41, 5.74) is 1.83. The Labute approximate surface area is 97.2 Å². The molecule has 1 aromatic carbocycles. The number of hydrogen-bond donors (Lipinski definition) is 1. The van der Waals surface area contributed by atoms with E-state index in [0.29, 0.717) is 0 Å². The maximum atomic E-state index is 11.2. The summed E-state index contributed by atoms with van der Waals surface area (Å²) in [6.07, 6.45) is 0.723. The number of hydrogen-bond acceptors (Lipinski definition) is 2. The molecule has 0 aromatic heterocycles. The van der Waals surface area contributed by atoms with Crippen LogP contribution in [0.5, 0.6) is 0 Å². The Morgan fingerprint density at radius 2 is 2.33 bits per heavy atom. The van der Waals surface area contributed by atoms with Gasteiger partial charge in [-0.1, -0.05) is 22.9 Å². The Morgan fingerprint density at radius 3 is 2.93 bits per heavy atom. The van der Waals surface area contributed by atoms with E-state index in [1.165, 1.54) is 0 Å². The number of amides is 1. The SMILES string of the molecule is CCc1cc(Br)ccc1NC(=O)CC#N. The predicted molar refractivity (Wildman–Crippen MR) is 62.4 cm³/mol. The van der Waals surface area contributed by atoms with Crippen LogP contribution < -0.4 is 5.32 Å². The van der Waals surface area contributed by atoms with E-state index in [-0.39, 0.29) is 12.3 Å². The molecule has 0 saturated carbocycles. The lowest BCUT2D eigenvalue weighted by Gasteiger charge is -2.08. The molecule has 1 amide bonds. The molecule has 0 spiro atoms. The van der Waals surface area contributed by atoms with Crippen molar-refractivity contribution in [2.75, 3.05) is 5.32 Å². The zero-order chi connectivity index (χ0) is 11.3. The van der Waals surface area contributed by atoms with Gasteiger partial charge in [0.05, 0.1) is 6.07 Å². The number of rotatable bonds is 3. The zero-order valence-corrected chi connectivity index (χ0v) is 9.97. The number of nitriles is 1. The third kappa shape index (κ3) is 3.37. The fourth-order valence-corrected chi connectivity index (χ4v) is 1.65. The molecule has 1 aromatic rings. The Balaban J connectivity index is 2.85. The summed E-state index contributed by atoms with van der Waals surface area (Å²) < 4.78 is 0.984. The average molecular weight is 267 g/mol. The smallest absolute Gasteiger partial charge is 0.238 e. The summed E-state index contributed by atoms with van der Waals surface area (Å²) in [6.45, 7) is 2.02. The summed E-state index contributed by atoms with van der Waals surface area (Å²) in [6, 6.07) is 7.47. The lowest BCUT2D eigenvalue weighted by molar-refractivity contribution is -0.115. The first-order chi connectivity index (χ1) is 7.17. The number of halogens is 1. The van der Waals surface area contributed by atoms with Gasteiger partial charge >= 0.3 is 0 Å². The highest BCUT2D eigenvalue weighted by Crippen LogP contribution is 2.21. The highest BCUT2D eigenvalue weighted by Gasteiger charge is 2.05. The van der Waals surface area contributed by atoms with E-state index in [9.17, 15) is 4.79 Å². The van der Waals surface area contributed by atoms with Crippen LogP contribution in [0.2, 0.25) is 0 Å². The van der Waals surface area contributed by atoms with Crippen molar-refractivity contribution < 1.29 is 4.79 Å². The molecule has 3 nitrogen and oxygen atoms in total. The van der Waals surface area contributed by atoms with Crippen LogP contribution in [-0.4, -0.2) is 5.91 Å². The number of benzene rings is 1. The van der Waals surface area contributed by atoms with E-state index in [0.717, 1.165) is 22.1 Å². The summed E-state index contributed by atoms with van der Waals surface area (Å²) in [5.74, 6) is -0.269. The van der Waals surface area contributed by atoms with Crippen molar-refractivity contribution >= 4 is 27.5 Å². The van der Waals surface area contributed by atoms with Gasteiger partial charge < -0.3 is 5.32 Å². The first kappa shape index (κ1) is 11.7. The third-order valence-electron chi connectivity index (χ3n) is 1.96. The average Bonchev–Trinajstić information content (AvgIpc) is 2.21. The van der Waals surface area contributed by atoms with Crippen LogP contribution >= 0.6 is 15.9 Å². The van der Waals surface area contributed by atoms with Gasteiger partial charge in [0, 0.05) is 10.2 Å². The second kappa shape index (κ2) is 5.52. The molecule has 0 aliphatic carbocycles. The Kier molecular flexibility index (Phi) is 4.32. The largest absolute Gasteiger partial charge is 0.325 e. The van der Waals surface area contributed by atoms with Crippen molar-refractivity contribution in [2.24, 2.45) is 0 Å². The van der Waals surface area contributed by atoms with E-state index in [1.807, 2.05) is 31.2 Å². The molecule has 78 valence electrons. The zero-order valence-electron chi connectivity index (χ0n) is 8.38. The standard InChI is InChI=1S/C11H11BrN2O/c1-2-8-7-9(12)3-4-10(8)14-11(15)5-6-13/h3-4,7H,2,5H2,1H3,(H,14,15). The van der Waals surface area contributed by atoms with Crippen LogP contribution in [0.3, 0.4) is 0 Å². The minimum atomic E-state index is -0.269. The van der Waals surface area contributed by atoms with Crippen molar-refractivity contribution in [1.29, 1.82) is 5.26 Å². The van der Waals surface area contributed by atoms with Gasteiger partial charge in [0.1, 0.15) is 6.42 Å². The van der Waals surface area contributed by atoms with Gasteiger partial charge in [-0.05, 0) is 30.2 Å². The molecule has 0 radical (unpaired) electrons. The lowest BCUT2D eigenvalue weighted by atomic mass is 10.1. The molecule has 1 rings (SSSR count). The number of aryl methyl sites for hydroxylation is 1. The van der Waals surface area contributed by atoms with E-state index in [1.54, 1.807) is 0 Å². The number of nitrogens with zero attached hydrogens (tertiary/aromatic N) is 1. The number of carbonyl (C=O) groups is 1. The second-order valence-corrected chi connectivity index (χ2v) is 3.95. The molecule has 15 heavy (non-hydrogen) atoms. The summed E-state index contributed by atoms with van der Waals surface area (Å²) in [4.78, 5) is 11.2. The van der Waals surface area contributed by atoms with Crippen LogP contribution in [0, 0.1) is 11.3 Å². The minimum absolute atomic E-state index is 0.112. The van der Waals surface area contributed by atoms with Gasteiger partial charge in [-0.25, -0.2) is 0 Å². The third-order valence-corrected chi connectivity index (χ3v) is 2.46. The van der Waals surface area contributed by atoms with Crippen LogP contribution in [-0.2, 0) is 11.2 Å². The van der Waals surface area contributed by atoms with Crippen LogP contribution in [0.25, 0.3) is 0 Å². The number of anilines is 1. The first-order valence-electron chi connectivity index (χ1n) is 4.62. The van der Waals surface area contributed by atoms with Gasteiger partial charge in [0.25, 0.3) is 0 Å². The van der Waals surface area contributed by atoms with Crippen molar-refractivity contribution in [2.45, 2.75) is 19.8 Å². The Bertz CT molecular complexity index is 410. The number of nitrogens with one attached hydrogen (secondary N) is 1. The molecular formula is C11H11BrN2O. The Morgan fingerprint density at radius 1 is 1.60 bits per heavy atom. The number of carbonyl (C=O) groups excluding carboxylic acids is 1. The molecule has 0 unspecified atom stereocenters. The molecule has 0 aliphatic rings. The summed E-state index contributed by atoms with van der Waals surface area (Å²) in [7, 11) is 0. The molecule has 1 N–H and O–H groups in total. The van der Waals surface area contributed by atoms with E-state index in [4.69, 9.17) is 5.26 Å². The molecule has 0 heterocycles. The molecule has 4 heteroatoms. The van der Waals surface area contributed by atoms with E-state index in [2.05, 4.69) is 21.2 Å². The van der Waals surface area contributed by atoms with Crippen LogP contribution in [0.1, 0.15) is 18.9 Å². The van der Waals surface area contributed by atoms with E-state index >= 15 is 0 Å². The van der Waals surface area contributed by atoms with Gasteiger partial charge in [-0.2, -0.15) is 5.26 Å². The van der Waals surface area contributed by atoms with Gasteiger partial charge in [-0.3, -0.25) is 4.79 Å².